The van der Waals surface area contributed by atoms with Crippen molar-refractivity contribution >= 4 is 28.8 Å². The van der Waals surface area contributed by atoms with E-state index >= 15 is 0 Å². The highest BCUT2D eigenvalue weighted by Crippen LogP contribution is 2.12. The van der Waals surface area contributed by atoms with Gasteiger partial charge < -0.3 is 5.32 Å². The Morgan fingerprint density at radius 3 is 3.00 bits per heavy atom. The highest BCUT2D eigenvalue weighted by atomic mass is 35.5. The lowest BCUT2D eigenvalue weighted by Crippen LogP contribution is -2.25. The van der Waals surface area contributed by atoms with Gasteiger partial charge in [0.25, 0.3) is 5.91 Å². The first-order chi connectivity index (χ1) is 8.66. The summed E-state index contributed by atoms with van der Waals surface area (Å²) in [6.45, 7) is 2.43. The van der Waals surface area contributed by atoms with Gasteiger partial charge in [-0.2, -0.15) is 0 Å². The van der Waals surface area contributed by atoms with Crippen molar-refractivity contribution in [3.05, 3.63) is 50.9 Å². The predicted octanol–water partition coefficient (Wildman–Crippen LogP) is 3.08. The van der Waals surface area contributed by atoms with E-state index < -0.39 is 0 Å². The van der Waals surface area contributed by atoms with E-state index in [0.717, 1.165) is 22.7 Å². The van der Waals surface area contributed by atoms with E-state index in [-0.39, 0.29) is 5.91 Å². The van der Waals surface area contributed by atoms with Crippen LogP contribution in [0.2, 0.25) is 5.02 Å². The van der Waals surface area contributed by atoms with Gasteiger partial charge in [0.1, 0.15) is 4.88 Å². The Hall–Kier alpha value is -1.39. The van der Waals surface area contributed by atoms with E-state index in [4.69, 9.17) is 11.6 Å². The largest absolute Gasteiger partial charge is 0.351 e. The third kappa shape index (κ3) is 3.31. The minimum absolute atomic E-state index is 0.0583. The number of aromatic nitrogens is 1. The molecule has 0 radical (unpaired) electrons. The Balaban J connectivity index is 1.86. The second kappa shape index (κ2) is 5.98. The highest BCUT2D eigenvalue weighted by molar-refractivity contribution is 7.11. The molecule has 0 aliphatic heterocycles. The number of nitrogens with one attached hydrogen (secondary N) is 1. The number of carbonyl (C=O) groups is 1. The van der Waals surface area contributed by atoms with Gasteiger partial charge in [0.2, 0.25) is 0 Å². The van der Waals surface area contributed by atoms with E-state index in [2.05, 4.69) is 10.3 Å². The third-order valence-electron chi connectivity index (χ3n) is 2.54. The van der Waals surface area contributed by atoms with Crippen molar-refractivity contribution in [3.63, 3.8) is 0 Å². The van der Waals surface area contributed by atoms with Crippen LogP contribution < -0.4 is 5.32 Å². The van der Waals surface area contributed by atoms with Crippen LogP contribution in [0.25, 0.3) is 0 Å². The van der Waals surface area contributed by atoms with Crippen LogP contribution in [-0.4, -0.2) is 17.4 Å². The van der Waals surface area contributed by atoms with Crippen molar-refractivity contribution in [2.45, 2.75) is 13.3 Å². The van der Waals surface area contributed by atoms with Gasteiger partial charge in [-0.05, 0) is 31.0 Å². The Kier molecular flexibility index (Phi) is 4.33. The molecular formula is C13H13ClN2OS. The fourth-order valence-electron chi connectivity index (χ4n) is 1.61. The van der Waals surface area contributed by atoms with Crippen LogP contribution in [0, 0.1) is 6.92 Å². The summed E-state index contributed by atoms with van der Waals surface area (Å²) in [6.07, 6.45) is 0.768. The number of hydrogen-bond acceptors (Lipinski definition) is 3. The molecule has 0 saturated heterocycles. The molecule has 0 atom stereocenters. The number of aryl methyl sites for hydroxylation is 1. The molecule has 0 fully saturated rings. The fourth-order valence-corrected chi connectivity index (χ4v) is 2.54. The average Bonchev–Trinajstić information content (AvgIpc) is 2.75. The zero-order valence-corrected chi connectivity index (χ0v) is 11.5. The Labute approximate surface area is 115 Å². The monoisotopic (exact) mass is 280 g/mol. The molecule has 0 unspecified atom stereocenters. The van der Waals surface area contributed by atoms with Crippen molar-refractivity contribution in [2.24, 2.45) is 0 Å². The Morgan fingerprint density at radius 1 is 1.50 bits per heavy atom. The van der Waals surface area contributed by atoms with Crippen LogP contribution in [0.3, 0.4) is 0 Å². The van der Waals surface area contributed by atoms with Crippen molar-refractivity contribution in [3.8, 4) is 0 Å². The summed E-state index contributed by atoms with van der Waals surface area (Å²) >= 11 is 7.26. The second-order valence-corrected chi connectivity index (χ2v) is 5.19. The number of amides is 1. The standard InChI is InChI=1S/C13H13ClN2OS/c1-9-12(18-8-16-9)13(17)15-6-5-10-3-2-4-11(14)7-10/h2-4,7-8H,5-6H2,1H3,(H,15,17). The number of carbonyl (C=O) groups excluding carboxylic acids is 1. The maximum absolute atomic E-state index is 11.8. The first kappa shape index (κ1) is 13.1. The van der Waals surface area contributed by atoms with Gasteiger partial charge in [0, 0.05) is 11.6 Å². The summed E-state index contributed by atoms with van der Waals surface area (Å²) in [5.74, 6) is -0.0583. The van der Waals surface area contributed by atoms with Crippen molar-refractivity contribution in [1.29, 1.82) is 0 Å². The highest BCUT2D eigenvalue weighted by Gasteiger charge is 2.10. The van der Waals surface area contributed by atoms with Crippen LogP contribution >= 0.6 is 22.9 Å². The zero-order valence-electron chi connectivity index (χ0n) is 9.94. The smallest absolute Gasteiger partial charge is 0.263 e. The van der Waals surface area contributed by atoms with Crippen LogP contribution in [0.5, 0.6) is 0 Å². The molecular weight excluding hydrogens is 268 g/mol. The molecule has 3 nitrogen and oxygen atoms in total. The quantitative estimate of drug-likeness (QED) is 0.935. The minimum atomic E-state index is -0.0583. The first-order valence-electron chi connectivity index (χ1n) is 5.59. The van der Waals surface area contributed by atoms with Crippen LogP contribution in [0.15, 0.2) is 29.8 Å². The molecule has 18 heavy (non-hydrogen) atoms. The topological polar surface area (TPSA) is 42.0 Å². The summed E-state index contributed by atoms with van der Waals surface area (Å²) in [5.41, 5.74) is 3.57. The molecule has 1 amide bonds. The lowest BCUT2D eigenvalue weighted by Gasteiger charge is -2.04. The van der Waals surface area contributed by atoms with Crippen LogP contribution in [0.4, 0.5) is 0 Å². The first-order valence-corrected chi connectivity index (χ1v) is 6.85. The third-order valence-corrected chi connectivity index (χ3v) is 3.70. The van der Waals surface area contributed by atoms with Crippen LogP contribution in [-0.2, 0) is 6.42 Å². The summed E-state index contributed by atoms with van der Waals surface area (Å²) in [7, 11) is 0. The molecule has 1 aromatic carbocycles. The lowest BCUT2D eigenvalue weighted by molar-refractivity contribution is 0.0957. The van der Waals surface area contributed by atoms with Crippen molar-refractivity contribution in [2.75, 3.05) is 6.54 Å². The number of thiazole rings is 1. The van der Waals surface area contributed by atoms with E-state index in [1.54, 1.807) is 5.51 Å². The van der Waals surface area contributed by atoms with Crippen molar-refractivity contribution < 1.29 is 4.79 Å². The zero-order chi connectivity index (χ0) is 13.0. The van der Waals surface area contributed by atoms with E-state index in [9.17, 15) is 4.79 Å². The molecule has 2 rings (SSSR count). The molecule has 1 heterocycles. The van der Waals surface area contributed by atoms with Gasteiger partial charge in [0.05, 0.1) is 11.2 Å². The molecule has 0 saturated carbocycles. The summed E-state index contributed by atoms with van der Waals surface area (Å²) < 4.78 is 0. The lowest BCUT2D eigenvalue weighted by atomic mass is 10.1. The molecule has 5 heteroatoms. The van der Waals surface area contributed by atoms with E-state index in [1.807, 2.05) is 31.2 Å². The van der Waals surface area contributed by atoms with Gasteiger partial charge in [-0.15, -0.1) is 11.3 Å². The van der Waals surface area contributed by atoms with Gasteiger partial charge in [-0.3, -0.25) is 4.79 Å². The number of hydrogen-bond donors (Lipinski definition) is 1. The van der Waals surface area contributed by atoms with Gasteiger partial charge in [-0.1, -0.05) is 23.7 Å². The Bertz CT molecular complexity index is 553. The molecule has 2 aromatic rings. The summed E-state index contributed by atoms with van der Waals surface area (Å²) in [4.78, 5) is 16.6. The fraction of sp³-hybridized carbons (Fsp3) is 0.231. The number of nitrogens with zero attached hydrogens (tertiary/aromatic N) is 1. The van der Waals surface area contributed by atoms with Gasteiger partial charge in [0.15, 0.2) is 0 Å². The number of rotatable bonds is 4. The maximum Gasteiger partial charge on any atom is 0.263 e. The second-order valence-electron chi connectivity index (χ2n) is 3.90. The summed E-state index contributed by atoms with van der Waals surface area (Å²) in [6, 6.07) is 7.65. The molecule has 0 aliphatic rings. The minimum Gasteiger partial charge on any atom is -0.351 e. The Morgan fingerprint density at radius 2 is 2.33 bits per heavy atom. The summed E-state index contributed by atoms with van der Waals surface area (Å²) in [5, 5.41) is 3.60. The number of benzene rings is 1. The average molecular weight is 281 g/mol. The number of halogens is 1. The van der Waals surface area contributed by atoms with Gasteiger partial charge >= 0.3 is 0 Å². The maximum atomic E-state index is 11.8. The van der Waals surface area contributed by atoms with Crippen LogP contribution in [0.1, 0.15) is 20.9 Å². The molecule has 0 aliphatic carbocycles. The normalized spacial score (nSPS) is 10.3. The molecule has 94 valence electrons. The SMILES string of the molecule is Cc1ncsc1C(=O)NCCc1cccc(Cl)c1. The predicted molar refractivity (Wildman–Crippen MR) is 74.3 cm³/mol. The van der Waals surface area contributed by atoms with Crippen molar-refractivity contribution in [1.82, 2.24) is 10.3 Å². The van der Waals surface area contributed by atoms with E-state index in [0.29, 0.717) is 11.4 Å². The molecule has 0 bridgehead atoms. The van der Waals surface area contributed by atoms with E-state index in [1.165, 1.54) is 11.3 Å². The molecule has 1 N–H and O–H groups in total. The molecule has 1 aromatic heterocycles. The van der Waals surface area contributed by atoms with Gasteiger partial charge in [-0.25, -0.2) is 4.98 Å². The molecule has 0 spiro atoms.